The molecule has 3 amide bonds. The summed E-state index contributed by atoms with van der Waals surface area (Å²) >= 11 is 0. The quantitative estimate of drug-likeness (QED) is 0.652. The second kappa shape index (κ2) is 4.50. The predicted octanol–water partition coefficient (Wildman–Crippen LogP) is -0.782. The SMILES string of the molecule is CC1=C[C@@H](C(N)=O)N2C[C@@H]1N(O[C@@H](F)C(=O)O)C2=O. The van der Waals surface area contributed by atoms with Gasteiger partial charge in [-0.15, -0.1) is 0 Å². The molecule has 0 saturated carbocycles. The van der Waals surface area contributed by atoms with Crippen LogP contribution in [0, 0.1) is 0 Å². The molecule has 0 aromatic heterocycles. The summed E-state index contributed by atoms with van der Waals surface area (Å²) in [6, 6.07) is -2.34. The molecule has 2 bridgehead atoms. The number of primary amides is 1. The van der Waals surface area contributed by atoms with Gasteiger partial charge in [0, 0.05) is 0 Å². The van der Waals surface area contributed by atoms with Gasteiger partial charge in [-0.05, 0) is 12.5 Å². The van der Waals surface area contributed by atoms with Crippen molar-refractivity contribution in [2.75, 3.05) is 6.54 Å². The van der Waals surface area contributed by atoms with Crippen LogP contribution in [0.2, 0.25) is 0 Å². The Balaban J connectivity index is 2.23. The lowest BCUT2D eigenvalue weighted by Crippen LogP contribution is -2.46. The van der Waals surface area contributed by atoms with Gasteiger partial charge in [-0.1, -0.05) is 6.08 Å². The van der Waals surface area contributed by atoms with E-state index in [1.54, 1.807) is 6.92 Å². The van der Waals surface area contributed by atoms with Gasteiger partial charge in [0.2, 0.25) is 5.91 Å². The molecular formula is C10H12FN3O5. The number of carbonyl (C=O) groups is 3. The monoisotopic (exact) mass is 273 g/mol. The number of hydrogen-bond acceptors (Lipinski definition) is 4. The van der Waals surface area contributed by atoms with E-state index in [1.807, 2.05) is 0 Å². The van der Waals surface area contributed by atoms with Crippen molar-refractivity contribution in [3.05, 3.63) is 11.6 Å². The highest BCUT2D eigenvalue weighted by Crippen LogP contribution is 2.30. The van der Waals surface area contributed by atoms with Crippen molar-refractivity contribution in [1.82, 2.24) is 9.96 Å². The lowest BCUT2D eigenvalue weighted by atomic mass is 10.0. The molecule has 2 rings (SSSR count). The van der Waals surface area contributed by atoms with Gasteiger partial charge in [-0.25, -0.2) is 18.8 Å². The second-order valence-corrected chi connectivity index (χ2v) is 4.29. The number of alkyl halides is 1. The highest BCUT2D eigenvalue weighted by atomic mass is 19.1. The zero-order valence-corrected chi connectivity index (χ0v) is 9.95. The molecule has 19 heavy (non-hydrogen) atoms. The van der Waals surface area contributed by atoms with Gasteiger partial charge in [0.15, 0.2) is 0 Å². The maximum atomic E-state index is 13.0. The number of carboxylic acid groups (broad SMARTS) is 1. The maximum absolute atomic E-state index is 13.0. The summed E-state index contributed by atoms with van der Waals surface area (Å²) in [6.07, 6.45) is -1.17. The fourth-order valence-electron chi connectivity index (χ4n) is 2.11. The Kier molecular flexibility index (Phi) is 3.14. The van der Waals surface area contributed by atoms with Crippen LogP contribution in [0.25, 0.3) is 0 Å². The summed E-state index contributed by atoms with van der Waals surface area (Å²) in [5, 5.41) is 9.07. The van der Waals surface area contributed by atoms with Crippen molar-refractivity contribution in [3.8, 4) is 0 Å². The van der Waals surface area contributed by atoms with E-state index in [-0.39, 0.29) is 6.54 Å². The van der Waals surface area contributed by atoms with E-state index in [2.05, 4.69) is 4.84 Å². The second-order valence-electron chi connectivity index (χ2n) is 4.29. The van der Waals surface area contributed by atoms with Gasteiger partial charge in [0.25, 0.3) is 0 Å². The lowest BCUT2D eigenvalue weighted by Gasteiger charge is -2.26. The first-order valence-electron chi connectivity index (χ1n) is 5.44. The molecule has 8 nitrogen and oxygen atoms in total. The number of rotatable bonds is 4. The van der Waals surface area contributed by atoms with E-state index in [4.69, 9.17) is 10.8 Å². The van der Waals surface area contributed by atoms with Gasteiger partial charge in [-0.3, -0.25) is 4.79 Å². The number of hydrogen-bond donors (Lipinski definition) is 2. The van der Waals surface area contributed by atoms with Crippen LogP contribution in [-0.4, -0.2) is 58.0 Å². The Morgan fingerprint density at radius 1 is 1.63 bits per heavy atom. The first-order valence-corrected chi connectivity index (χ1v) is 5.44. The van der Waals surface area contributed by atoms with E-state index in [9.17, 15) is 18.8 Å². The van der Waals surface area contributed by atoms with Crippen LogP contribution < -0.4 is 5.73 Å². The summed E-state index contributed by atoms with van der Waals surface area (Å²) in [4.78, 5) is 39.1. The van der Waals surface area contributed by atoms with Crippen LogP contribution in [-0.2, 0) is 14.4 Å². The van der Waals surface area contributed by atoms with Crippen LogP contribution in [0.4, 0.5) is 9.18 Å². The van der Waals surface area contributed by atoms with Crippen molar-refractivity contribution in [2.45, 2.75) is 25.4 Å². The molecule has 2 heterocycles. The van der Waals surface area contributed by atoms with Gasteiger partial charge in [0.05, 0.1) is 6.54 Å². The van der Waals surface area contributed by atoms with E-state index < -0.39 is 36.3 Å². The lowest BCUT2D eigenvalue weighted by molar-refractivity contribution is -0.220. The fraction of sp³-hybridized carbons (Fsp3) is 0.500. The minimum absolute atomic E-state index is 0.0983. The Labute approximate surface area is 107 Å². The molecule has 3 atom stereocenters. The molecule has 0 aromatic carbocycles. The molecule has 9 heteroatoms. The van der Waals surface area contributed by atoms with Crippen molar-refractivity contribution in [3.63, 3.8) is 0 Å². The number of nitrogens with two attached hydrogens (primary N) is 1. The molecule has 0 aliphatic carbocycles. The van der Waals surface area contributed by atoms with Crippen LogP contribution in [0.3, 0.4) is 0 Å². The number of amides is 3. The van der Waals surface area contributed by atoms with Crippen molar-refractivity contribution >= 4 is 17.9 Å². The molecule has 1 fully saturated rings. The minimum Gasteiger partial charge on any atom is -0.477 e. The summed E-state index contributed by atoms with van der Waals surface area (Å²) in [5.74, 6) is -2.56. The third-order valence-electron chi connectivity index (χ3n) is 3.06. The highest BCUT2D eigenvalue weighted by Gasteiger charge is 2.48. The summed E-state index contributed by atoms with van der Waals surface area (Å²) in [5.41, 5.74) is 5.75. The zero-order chi connectivity index (χ0) is 14.3. The minimum atomic E-state index is -2.65. The maximum Gasteiger partial charge on any atom is 0.368 e. The number of carbonyl (C=O) groups excluding carboxylic acids is 2. The third-order valence-corrected chi connectivity index (χ3v) is 3.06. The average molecular weight is 273 g/mol. The van der Waals surface area contributed by atoms with Gasteiger partial charge < -0.3 is 15.7 Å². The molecule has 3 N–H and O–H groups in total. The van der Waals surface area contributed by atoms with E-state index in [0.29, 0.717) is 10.6 Å². The number of urea groups is 1. The van der Waals surface area contributed by atoms with E-state index in [0.717, 1.165) is 4.90 Å². The number of nitrogens with zero attached hydrogens (tertiary/aromatic N) is 2. The molecule has 0 radical (unpaired) electrons. The summed E-state index contributed by atoms with van der Waals surface area (Å²) in [7, 11) is 0. The molecule has 0 unspecified atom stereocenters. The Morgan fingerprint density at radius 3 is 2.79 bits per heavy atom. The number of aliphatic carboxylic acids is 1. The first kappa shape index (κ1) is 13.3. The summed E-state index contributed by atoms with van der Waals surface area (Å²) < 4.78 is 13.0. The van der Waals surface area contributed by atoms with E-state index >= 15 is 0 Å². The standard InChI is InChI=1S/C10H12FN3O5/c1-4-2-5(8(12)15)13-3-6(4)14(10(13)18)19-7(11)9(16)17/h2,5-7H,3H2,1H3,(H2,12,15)(H,16,17)/t5-,6-,7+/m0/s1. The molecule has 2 aliphatic rings. The van der Waals surface area contributed by atoms with Crippen molar-refractivity contribution in [1.29, 1.82) is 0 Å². The van der Waals surface area contributed by atoms with Crippen LogP contribution >= 0.6 is 0 Å². The molecule has 0 spiro atoms. The van der Waals surface area contributed by atoms with Gasteiger partial charge >= 0.3 is 18.4 Å². The third kappa shape index (κ3) is 2.12. The molecule has 2 aliphatic heterocycles. The topological polar surface area (TPSA) is 113 Å². The van der Waals surface area contributed by atoms with Crippen LogP contribution in [0.5, 0.6) is 0 Å². The largest absolute Gasteiger partial charge is 0.477 e. The molecule has 1 saturated heterocycles. The average Bonchev–Trinajstić information content (AvgIpc) is 2.60. The smallest absolute Gasteiger partial charge is 0.368 e. The molecule has 104 valence electrons. The number of carboxylic acids is 1. The normalized spacial score (nSPS) is 27.3. The highest BCUT2D eigenvalue weighted by molar-refractivity contribution is 5.90. The van der Waals surface area contributed by atoms with E-state index in [1.165, 1.54) is 6.08 Å². The first-order chi connectivity index (χ1) is 8.82. The van der Waals surface area contributed by atoms with Crippen molar-refractivity contribution < 1.29 is 28.7 Å². The zero-order valence-electron chi connectivity index (χ0n) is 9.95. The predicted molar refractivity (Wildman–Crippen MR) is 58.1 cm³/mol. The number of hydroxylamine groups is 2. The fourth-order valence-corrected chi connectivity index (χ4v) is 2.11. The molecule has 0 aromatic rings. The number of halogens is 1. The van der Waals surface area contributed by atoms with Crippen molar-refractivity contribution in [2.24, 2.45) is 5.73 Å². The molecular weight excluding hydrogens is 261 g/mol. The van der Waals surface area contributed by atoms with Gasteiger partial charge in [-0.2, -0.15) is 5.06 Å². The Morgan fingerprint density at radius 2 is 2.26 bits per heavy atom. The van der Waals surface area contributed by atoms with Gasteiger partial charge in [0.1, 0.15) is 12.1 Å². The summed E-state index contributed by atoms with van der Waals surface area (Å²) in [6.45, 7) is 1.72. The Hall–Kier alpha value is -2.16. The van der Waals surface area contributed by atoms with Crippen LogP contribution in [0.15, 0.2) is 11.6 Å². The van der Waals surface area contributed by atoms with Crippen LogP contribution in [0.1, 0.15) is 6.92 Å². The Bertz CT molecular complexity index is 480. The number of fused-ring (bicyclic) bond motifs is 2.